The van der Waals surface area contributed by atoms with Crippen molar-refractivity contribution in [2.45, 2.75) is 50.9 Å². The maximum Gasteiger partial charge on any atom is 0.342 e. The second-order valence-corrected chi connectivity index (χ2v) is 6.34. The first-order valence-corrected chi connectivity index (χ1v) is 8.50. The summed E-state index contributed by atoms with van der Waals surface area (Å²) in [7, 11) is 1.45. The van der Waals surface area contributed by atoms with Gasteiger partial charge in [0, 0.05) is 12.5 Å². The lowest BCUT2D eigenvalue weighted by Gasteiger charge is -2.18. The minimum Gasteiger partial charge on any atom is -0.507 e. The largest absolute Gasteiger partial charge is 0.507 e. The van der Waals surface area contributed by atoms with Crippen LogP contribution in [0.2, 0.25) is 0 Å². The van der Waals surface area contributed by atoms with Crippen molar-refractivity contribution >= 4 is 11.8 Å². The van der Waals surface area contributed by atoms with Crippen LogP contribution in [0.5, 0.6) is 11.5 Å². The fourth-order valence-corrected chi connectivity index (χ4v) is 2.82. The number of carbonyl (C=O) groups excluding carboxylic acids is 2. The quantitative estimate of drug-likeness (QED) is 0.648. The van der Waals surface area contributed by atoms with E-state index in [1.165, 1.54) is 25.3 Å². The highest BCUT2D eigenvalue weighted by Crippen LogP contribution is 2.30. The van der Waals surface area contributed by atoms with Crippen molar-refractivity contribution in [1.82, 2.24) is 0 Å². The van der Waals surface area contributed by atoms with Gasteiger partial charge in [-0.1, -0.05) is 6.08 Å². The number of hydrogen-bond acceptors (Lipinski definition) is 7. The molecule has 7 heteroatoms. The summed E-state index contributed by atoms with van der Waals surface area (Å²) < 4.78 is 10.5. The number of phenols is 1. The molecule has 0 radical (unpaired) electrons. The number of aryl methyl sites for hydroxylation is 1. The molecule has 0 amide bonds. The average molecular weight is 364 g/mol. The summed E-state index contributed by atoms with van der Waals surface area (Å²) in [6.45, 7) is 1.66. The highest BCUT2D eigenvalue weighted by Gasteiger charge is 2.25. The van der Waals surface area contributed by atoms with Crippen molar-refractivity contribution in [3.05, 3.63) is 35.4 Å². The molecule has 1 unspecified atom stereocenters. The van der Waals surface area contributed by atoms with Gasteiger partial charge >= 0.3 is 5.97 Å². The monoisotopic (exact) mass is 364 g/mol. The molecule has 1 aromatic carbocycles. The van der Waals surface area contributed by atoms with Gasteiger partial charge < -0.3 is 24.8 Å². The van der Waals surface area contributed by atoms with Crippen LogP contribution < -0.4 is 4.74 Å². The molecular formula is C19H24O7. The molecular weight excluding hydrogens is 340 g/mol. The van der Waals surface area contributed by atoms with Crippen LogP contribution in [0.3, 0.4) is 0 Å². The summed E-state index contributed by atoms with van der Waals surface area (Å²) in [6, 6.07) is 2.96. The Morgan fingerprint density at radius 1 is 1.23 bits per heavy atom. The van der Waals surface area contributed by atoms with E-state index in [0.717, 1.165) is 0 Å². The normalized spacial score (nSPS) is 26.4. The first-order valence-electron chi connectivity index (χ1n) is 8.50. The number of aliphatic hydroxyl groups is 2. The Labute approximate surface area is 151 Å². The van der Waals surface area contributed by atoms with E-state index in [2.05, 4.69) is 0 Å². The van der Waals surface area contributed by atoms with Crippen LogP contribution in [-0.2, 0) is 16.0 Å². The number of aromatic hydroxyl groups is 1. The number of benzene rings is 1. The lowest BCUT2D eigenvalue weighted by molar-refractivity contribution is -0.128. The van der Waals surface area contributed by atoms with Crippen molar-refractivity contribution in [3.8, 4) is 11.5 Å². The molecule has 1 aliphatic heterocycles. The topological polar surface area (TPSA) is 113 Å². The third-order valence-corrected chi connectivity index (χ3v) is 4.27. The van der Waals surface area contributed by atoms with Gasteiger partial charge in [-0.25, -0.2) is 4.79 Å². The van der Waals surface area contributed by atoms with Crippen LogP contribution >= 0.6 is 0 Å². The van der Waals surface area contributed by atoms with E-state index in [1.54, 1.807) is 13.0 Å². The number of esters is 1. The molecule has 0 spiro atoms. The number of rotatable bonds is 1. The van der Waals surface area contributed by atoms with Gasteiger partial charge in [-0.3, -0.25) is 4.79 Å². The zero-order chi connectivity index (χ0) is 19.3. The van der Waals surface area contributed by atoms with Crippen LogP contribution in [0.15, 0.2) is 24.3 Å². The van der Waals surface area contributed by atoms with Gasteiger partial charge in [-0.15, -0.1) is 0 Å². The summed E-state index contributed by atoms with van der Waals surface area (Å²) >= 11 is 0. The number of carbonyl (C=O) groups is 2. The van der Waals surface area contributed by atoms with Crippen molar-refractivity contribution in [2.75, 3.05) is 7.11 Å². The van der Waals surface area contributed by atoms with Gasteiger partial charge in [0.15, 0.2) is 5.78 Å². The fraction of sp³-hybridized carbons (Fsp3) is 0.474. The summed E-state index contributed by atoms with van der Waals surface area (Å²) in [4.78, 5) is 24.3. The van der Waals surface area contributed by atoms with E-state index in [4.69, 9.17) is 9.47 Å². The molecule has 1 aromatic rings. The number of ketones is 1. The predicted molar refractivity (Wildman–Crippen MR) is 93.3 cm³/mol. The first-order chi connectivity index (χ1) is 12.3. The van der Waals surface area contributed by atoms with E-state index in [0.29, 0.717) is 24.2 Å². The van der Waals surface area contributed by atoms with Crippen molar-refractivity contribution in [3.63, 3.8) is 0 Å². The highest BCUT2D eigenvalue weighted by atomic mass is 16.5. The lowest BCUT2D eigenvalue weighted by atomic mass is 9.97. The zero-order valence-electron chi connectivity index (χ0n) is 14.8. The average Bonchev–Trinajstić information content (AvgIpc) is 2.59. The smallest absolute Gasteiger partial charge is 0.342 e. The zero-order valence-corrected chi connectivity index (χ0v) is 14.8. The summed E-state index contributed by atoms with van der Waals surface area (Å²) in [5.74, 6) is -1.10. The van der Waals surface area contributed by atoms with Gasteiger partial charge in [-0.2, -0.15) is 0 Å². The molecule has 0 fully saturated rings. The van der Waals surface area contributed by atoms with Gasteiger partial charge in [0.25, 0.3) is 0 Å². The van der Waals surface area contributed by atoms with Gasteiger partial charge in [0.05, 0.1) is 13.2 Å². The van der Waals surface area contributed by atoms with Crippen LogP contribution in [0.25, 0.3) is 0 Å². The minimum absolute atomic E-state index is 0.0600. The van der Waals surface area contributed by atoms with Gasteiger partial charge in [-0.05, 0) is 43.9 Å². The Balaban J connectivity index is 2.36. The molecule has 0 saturated heterocycles. The molecule has 3 atom stereocenters. The highest BCUT2D eigenvalue weighted by molar-refractivity contribution is 5.95. The van der Waals surface area contributed by atoms with Crippen LogP contribution in [-0.4, -0.2) is 52.5 Å². The number of aliphatic hydroxyl groups excluding tert-OH is 2. The number of phenolic OH excluding ortho intramolecular Hbond substituents is 1. The van der Waals surface area contributed by atoms with E-state index in [1.807, 2.05) is 0 Å². The Hall–Kier alpha value is -2.38. The van der Waals surface area contributed by atoms with E-state index < -0.39 is 30.1 Å². The molecule has 2 rings (SSSR count). The maximum atomic E-state index is 12.5. The second-order valence-electron chi connectivity index (χ2n) is 6.34. The molecule has 26 heavy (non-hydrogen) atoms. The summed E-state index contributed by atoms with van der Waals surface area (Å²) in [5.41, 5.74) is 0.574. The van der Waals surface area contributed by atoms with Gasteiger partial charge in [0.2, 0.25) is 0 Å². The molecule has 1 heterocycles. The molecule has 3 N–H and O–H groups in total. The van der Waals surface area contributed by atoms with Crippen molar-refractivity contribution < 1.29 is 34.4 Å². The molecule has 0 saturated carbocycles. The second kappa shape index (κ2) is 8.82. The number of fused-ring (bicyclic) bond motifs is 1. The number of cyclic esters (lactones) is 1. The maximum absolute atomic E-state index is 12.5. The third kappa shape index (κ3) is 4.83. The molecule has 0 bridgehead atoms. The first kappa shape index (κ1) is 19.9. The Morgan fingerprint density at radius 2 is 1.96 bits per heavy atom. The third-order valence-electron chi connectivity index (χ3n) is 4.27. The van der Waals surface area contributed by atoms with E-state index in [9.17, 15) is 24.9 Å². The molecule has 0 aliphatic carbocycles. The minimum atomic E-state index is -1.50. The molecule has 0 aromatic heterocycles. The number of ether oxygens (including phenoxy) is 2. The fourth-order valence-electron chi connectivity index (χ4n) is 2.82. The van der Waals surface area contributed by atoms with E-state index >= 15 is 0 Å². The van der Waals surface area contributed by atoms with Crippen molar-refractivity contribution in [1.29, 1.82) is 0 Å². The van der Waals surface area contributed by atoms with E-state index in [-0.39, 0.29) is 24.2 Å². The number of methoxy groups -OCH3 is 1. The Kier molecular flexibility index (Phi) is 6.76. The molecule has 142 valence electrons. The predicted octanol–water partition coefficient (Wildman–Crippen LogP) is 1.52. The lowest BCUT2D eigenvalue weighted by Crippen LogP contribution is -2.33. The van der Waals surface area contributed by atoms with Crippen LogP contribution in [0, 0.1) is 0 Å². The standard InChI is InChI=1S/C19H24O7/c1-11-5-3-7-14(20)18(23)15(21)8-4-6-12-9-13(25-2)10-16(22)17(12)19(24)26-11/h3,7,9-11,15,18,21-23H,4-6,8H2,1-2H3/b7-3-/t11?,15-,18+/m0/s1. The number of hydrogen-bond donors (Lipinski definition) is 3. The van der Waals surface area contributed by atoms with Crippen LogP contribution in [0.4, 0.5) is 0 Å². The SMILES string of the molecule is COc1cc(O)c2c(c1)CCC[C@H](O)[C@H](O)C(=O)/C=C\CC(C)OC2=O. The van der Waals surface area contributed by atoms with Crippen LogP contribution in [0.1, 0.15) is 42.1 Å². The summed E-state index contributed by atoms with van der Waals surface area (Å²) in [6.07, 6.45) is 0.556. The van der Waals surface area contributed by atoms with Gasteiger partial charge in [0.1, 0.15) is 29.3 Å². The molecule has 1 aliphatic rings. The summed E-state index contributed by atoms with van der Waals surface area (Å²) in [5, 5.41) is 30.1. The van der Waals surface area contributed by atoms with Crippen molar-refractivity contribution in [2.24, 2.45) is 0 Å². The Morgan fingerprint density at radius 3 is 2.65 bits per heavy atom. The Bertz CT molecular complexity index is 695. The molecule has 7 nitrogen and oxygen atoms in total.